The highest BCUT2D eigenvalue weighted by atomic mass is 31.2. The van der Waals surface area contributed by atoms with Crippen LogP contribution in [0.15, 0.2) is 42.5 Å². The highest BCUT2D eigenvalue weighted by Crippen LogP contribution is 2.52. The lowest BCUT2D eigenvalue weighted by Crippen LogP contribution is -2.20. The van der Waals surface area contributed by atoms with Crippen LogP contribution in [0.25, 0.3) is 11.1 Å². The zero-order valence-electron chi connectivity index (χ0n) is 11.8. The van der Waals surface area contributed by atoms with Crippen molar-refractivity contribution in [2.24, 2.45) is 0 Å². The number of fused-ring (bicyclic) bond motifs is 3. The van der Waals surface area contributed by atoms with Gasteiger partial charge in [0, 0.05) is 11.1 Å². The molecule has 0 amide bonds. The van der Waals surface area contributed by atoms with Crippen molar-refractivity contribution in [2.45, 2.75) is 26.2 Å². The van der Waals surface area contributed by atoms with E-state index in [2.05, 4.69) is 20.8 Å². The van der Waals surface area contributed by atoms with Crippen molar-refractivity contribution in [1.82, 2.24) is 0 Å². The summed E-state index contributed by atoms with van der Waals surface area (Å²) in [5.41, 5.74) is 2.79. The van der Waals surface area contributed by atoms with Crippen LogP contribution in [-0.4, -0.2) is 4.89 Å². The molecule has 0 fully saturated rings. The zero-order chi connectivity index (χ0) is 14.5. The number of benzene rings is 2. The summed E-state index contributed by atoms with van der Waals surface area (Å²) in [5, 5.41) is 0.379. The van der Waals surface area contributed by atoms with Crippen molar-refractivity contribution in [3.63, 3.8) is 0 Å². The lowest BCUT2D eigenvalue weighted by atomic mass is 9.85. The van der Waals surface area contributed by atoms with Gasteiger partial charge >= 0.3 is 7.60 Å². The van der Waals surface area contributed by atoms with Crippen molar-refractivity contribution in [1.29, 1.82) is 0 Å². The maximum Gasteiger partial charge on any atom is 0.408 e. The number of rotatable bonds is 0. The topological polar surface area (TPSA) is 46.5 Å². The van der Waals surface area contributed by atoms with E-state index < -0.39 is 7.60 Å². The maximum absolute atomic E-state index is 12.3. The molecule has 1 aliphatic heterocycles. The minimum atomic E-state index is -3.78. The van der Waals surface area contributed by atoms with Gasteiger partial charge in [0.1, 0.15) is 5.75 Å². The third-order valence-corrected chi connectivity index (χ3v) is 5.01. The van der Waals surface area contributed by atoms with Gasteiger partial charge in [-0.2, -0.15) is 0 Å². The van der Waals surface area contributed by atoms with E-state index in [0.717, 1.165) is 16.7 Å². The second kappa shape index (κ2) is 4.21. The molecular formula is C16H17O3P. The van der Waals surface area contributed by atoms with E-state index in [1.54, 1.807) is 18.2 Å². The van der Waals surface area contributed by atoms with Crippen molar-refractivity contribution < 1.29 is 14.0 Å². The van der Waals surface area contributed by atoms with E-state index in [-0.39, 0.29) is 5.41 Å². The Morgan fingerprint density at radius 1 is 1.05 bits per heavy atom. The predicted molar refractivity (Wildman–Crippen MR) is 80.7 cm³/mol. The average Bonchev–Trinajstić information content (AvgIpc) is 2.37. The molecule has 4 heteroatoms. The second-order valence-electron chi connectivity index (χ2n) is 6.09. The smallest absolute Gasteiger partial charge is 0.408 e. The SMILES string of the molecule is CC(C)(C)c1ccc2c(c1)-c1ccccc1OP2(=O)O. The van der Waals surface area contributed by atoms with Crippen LogP contribution in [0.1, 0.15) is 26.3 Å². The Kier molecular flexibility index (Phi) is 2.82. The molecule has 2 aromatic carbocycles. The molecule has 0 aliphatic carbocycles. The van der Waals surface area contributed by atoms with E-state index in [0.29, 0.717) is 11.1 Å². The molecule has 1 heterocycles. The van der Waals surface area contributed by atoms with Crippen LogP contribution in [0.4, 0.5) is 0 Å². The fraction of sp³-hybridized carbons (Fsp3) is 0.250. The first-order valence-corrected chi connectivity index (χ1v) is 8.14. The summed E-state index contributed by atoms with van der Waals surface area (Å²) >= 11 is 0. The van der Waals surface area contributed by atoms with Crippen molar-refractivity contribution in [3.8, 4) is 16.9 Å². The summed E-state index contributed by atoms with van der Waals surface area (Å²) in [4.78, 5) is 10.1. The van der Waals surface area contributed by atoms with E-state index >= 15 is 0 Å². The summed E-state index contributed by atoms with van der Waals surface area (Å²) in [6.45, 7) is 6.37. The second-order valence-corrected chi connectivity index (χ2v) is 7.79. The summed E-state index contributed by atoms with van der Waals surface area (Å²) in [6, 6.07) is 13.0. The van der Waals surface area contributed by atoms with Crippen LogP contribution in [0.3, 0.4) is 0 Å². The van der Waals surface area contributed by atoms with Crippen LogP contribution >= 0.6 is 7.60 Å². The lowest BCUT2D eigenvalue weighted by molar-refractivity contribution is 0.392. The molecule has 104 valence electrons. The molecule has 20 heavy (non-hydrogen) atoms. The molecule has 0 radical (unpaired) electrons. The summed E-state index contributed by atoms with van der Waals surface area (Å²) in [6.07, 6.45) is 0. The van der Waals surface area contributed by atoms with Crippen LogP contribution in [0.2, 0.25) is 0 Å². The molecule has 1 N–H and O–H groups in total. The van der Waals surface area contributed by atoms with Gasteiger partial charge in [0.2, 0.25) is 0 Å². The molecule has 1 aliphatic rings. The Morgan fingerprint density at radius 2 is 1.75 bits per heavy atom. The number of hydrogen-bond donors (Lipinski definition) is 1. The molecule has 2 aromatic rings. The molecule has 0 bridgehead atoms. The van der Waals surface area contributed by atoms with Crippen molar-refractivity contribution in [2.75, 3.05) is 0 Å². The lowest BCUT2D eigenvalue weighted by Gasteiger charge is -2.27. The quantitative estimate of drug-likeness (QED) is 0.749. The first-order valence-electron chi connectivity index (χ1n) is 6.56. The number of para-hydroxylation sites is 1. The van der Waals surface area contributed by atoms with E-state index in [9.17, 15) is 9.46 Å². The Labute approximate surface area is 118 Å². The zero-order valence-corrected chi connectivity index (χ0v) is 12.6. The van der Waals surface area contributed by atoms with Gasteiger partial charge in [-0.15, -0.1) is 0 Å². The first-order chi connectivity index (χ1) is 9.29. The Balaban J connectivity index is 2.31. The van der Waals surface area contributed by atoms with Gasteiger partial charge in [-0.1, -0.05) is 45.0 Å². The van der Waals surface area contributed by atoms with Crippen molar-refractivity contribution in [3.05, 3.63) is 48.0 Å². The monoisotopic (exact) mass is 288 g/mol. The van der Waals surface area contributed by atoms with Crippen molar-refractivity contribution >= 4 is 12.9 Å². The van der Waals surface area contributed by atoms with Gasteiger partial charge in [0.15, 0.2) is 0 Å². The van der Waals surface area contributed by atoms with Crippen LogP contribution < -0.4 is 9.83 Å². The third-order valence-electron chi connectivity index (χ3n) is 3.57. The van der Waals surface area contributed by atoms with Crippen LogP contribution in [0, 0.1) is 0 Å². The molecular weight excluding hydrogens is 271 g/mol. The molecule has 0 spiro atoms. The Bertz CT molecular complexity index is 729. The molecule has 1 atom stereocenters. The van der Waals surface area contributed by atoms with Gasteiger partial charge in [0.25, 0.3) is 0 Å². The molecule has 0 saturated carbocycles. The Hall–Kier alpha value is -1.57. The van der Waals surface area contributed by atoms with Gasteiger partial charge < -0.3 is 9.42 Å². The number of hydrogen-bond acceptors (Lipinski definition) is 2. The van der Waals surface area contributed by atoms with E-state index in [1.165, 1.54) is 0 Å². The van der Waals surface area contributed by atoms with Gasteiger partial charge in [-0.25, -0.2) is 4.57 Å². The largest absolute Gasteiger partial charge is 0.421 e. The molecule has 3 rings (SSSR count). The van der Waals surface area contributed by atoms with Crippen LogP contribution in [0.5, 0.6) is 5.75 Å². The summed E-state index contributed by atoms with van der Waals surface area (Å²) in [5.74, 6) is 0.469. The fourth-order valence-electron chi connectivity index (χ4n) is 2.42. The normalized spacial score (nSPS) is 20.8. The molecule has 3 nitrogen and oxygen atoms in total. The summed E-state index contributed by atoms with van der Waals surface area (Å²) in [7, 11) is -3.78. The minimum absolute atomic E-state index is 0.0122. The van der Waals surface area contributed by atoms with Gasteiger partial charge in [-0.3, -0.25) is 0 Å². The first kappa shape index (κ1) is 13.4. The highest BCUT2D eigenvalue weighted by molar-refractivity contribution is 7.62. The molecule has 0 saturated heterocycles. The highest BCUT2D eigenvalue weighted by Gasteiger charge is 2.34. The van der Waals surface area contributed by atoms with E-state index in [1.807, 2.05) is 24.3 Å². The van der Waals surface area contributed by atoms with Crippen LogP contribution in [-0.2, 0) is 9.98 Å². The standard InChI is InChI=1S/C16H17O3P/c1-16(2,3)11-8-9-15-13(10-11)12-6-4-5-7-14(12)19-20(15,17)18/h4-10H,1-3H3,(H,17,18). The molecule has 0 aromatic heterocycles. The maximum atomic E-state index is 12.3. The third kappa shape index (κ3) is 2.07. The van der Waals surface area contributed by atoms with Gasteiger partial charge in [0.05, 0.1) is 5.30 Å². The van der Waals surface area contributed by atoms with E-state index in [4.69, 9.17) is 4.52 Å². The Morgan fingerprint density at radius 3 is 2.45 bits per heavy atom. The van der Waals surface area contributed by atoms with Gasteiger partial charge in [-0.05, 0) is 29.2 Å². The summed E-state index contributed by atoms with van der Waals surface area (Å²) < 4.78 is 17.6. The minimum Gasteiger partial charge on any atom is -0.421 e. The molecule has 1 unspecified atom stereocenters. The predicted octanol–water partition coefficient (Wildman–Crippen LogP) is 3.85. The fourth-order valence-corrected chi connectivity index (χ4v) is 3.69. The average molecular weight is 288 g/mol.